The van der Waals surface area contributed by atoms with Gasteiger partial charge in [-0.1, -0.05) is 0 Å². The van der Waals surface area contributed by atoms with E-state index in [0.717, 1.165) is 19.5 Å². The first-order valence-electron chi connectivity index (χ1n) is 7.55. The second-order valence-corrected chi connectivity index (χ2v) is 5.76. The minimum Gasteiger partial charge on any atom is -0.406 e. The Morgan fingerprint density at radius 3 is 2.43 bits per heavy atom. The van der Waals surface area contributed by atoms with E-state index in [2.05, 4.69) is 20.3 Å². The van der Waals surface area contributed by atoms with Gasteiger partial charge in [0.15, 0.2) is 5.11 Å². The Bertz CT molecular complexity index is 502. The Morgan fingerprint density at radius 1 is 1.17 bits per heavy atom. The molecule has 0 unspecified atom stereocenters. The lowest BCUT2D eigenvalue weighted by Crippen LogP contribution is -2.31. The van der Waals surface area contributed by atoms with Gasteiger partial charge >= 0.3 is 6.36 Å². The smallest absolute Gasteiger partial charge is 0.406 e. The van der Waals surface area contributed by atoms with Crippen LogP contribution in [0, 0.1) is 0 Å². The Labute approximate surface area is 139 Å². The quantitative estimate of drug-likeness (QED) is 0.610. The molecule has 1 fully saturated rings. The average Bonchev–Trinajstić information content (AvgIpc) is 2.97. The van der Waals surface area contributed by atoms with Crippen molar-refractivity contribution in [3.63, 3.8) is 0 Å². The lowest BCUT2D eigenvalue weighted by molar-refractivity contribution is -0.274. The van der Waals surface area contributed by atoms with E-state index in [1.165, 1.54) is 50.2 Å². The van der Waals surface area contributed by atoms with E-state index in [4.69, 9.17) is 12.2 Å². The summed E-state index contributed by atoms with van der Waals surface area (Å²) in [6, 6.07) is 5.45. The van der Waals surface area contributed by atoms with E-state index in [9.17, 15) is 13.2 Å². The molecule has 0 spiro atoms. The van der Waals surface area contributed by atoms with Crippen LogP contribution in [-0.4, -0.2) is 42.6 Å². The number of likely N-dealkylation sites (tertiary alicyclic amines) is 1. The predicted molar refractivity (Wildman–Crippen MR) is 87.6 cm³/mol. The fraction of sp³-hybridized carbons (Fsp3) is 0.533. The molecule has 0 bridgehead atoms. The van der Waals surface area contributed by atoms with Crippen molar-refractivity contribution in [1.82, 2.24) is 10.2 Å². The second-order valence-electron chi connectivity index (χ2n) is 5.36. The standard InChI is InChI=1S/C15H20F3N3OS/c16-15(17,18)22-13-6-4-12(5-7-13)20-14(23)19-8-3-11-21-9-1-2-10-21/h4-7H,1-3,8-11H2,(H2,19,20,23). The van der Waals surface area contributed by atoms with Crippen molar-refractivity contribution >= 4 is 23.0 Å². The summed E-state index contributed by atoms with van der Waals surface area (Å²) in [4.78, 5) is 2.43. The van der Waals surface area contributed by atoms with Crippen LogP contribution in [-0.2, 0) is 0 Å². The van der Waals surface area contributed by atoms with Crippen LogP contribution in [0.3, 0.4) is 0 Å². The van der Waals surface area contributed by atoms with E-state index in [0.29, 0.717) is 10.8 Å². The molecule has 1 aliphatic rings. The van der Waals surface area contributed by atoms with Crippen molar-refractivity contribution in [3.05, 3.63) is 24.3 Å². The third-order valence-electron chi connectivity index (χ3n) is 3.48. The van der Waals surface area contributed by atoms with E-state index in [1.807, 2.05) is 0 Å². The average molecular weight is 347 g/mol. The van der Waals surface area contributed by atoms with Gasteiger partial charge in [0.1, 0.15) is 5.75 Å². The van der Waals surface area contributed by atoms with Crippen LogP contribution < -0.4 is 15.4 Å². The number of hydrogen-bond donors (Lipinski definition) is 2. The van der Waals surface area contributed by atoms with Crippen LogP contribution >= 0.6 is 12.2 Å². The topological polar surface area (TPSA) is 36.5 Å². The summed E-state index contributed by atoms with van der Waals surface area (Å²) in [5.41, 5.74) is 0.608. The molecule has 1 saturated heterocycles. The summed E-state index contributed by atoms with van der Waals surface area (Å²) in [6.45, 7) is 4.17. The van der Waals surface area contributed by atoms with Gasteiger partial charge in [0, 0.05) is 12.2 Å². The molecule has 23 heavy (non-hydrogen) atoms. The largest absolute Gasteiger partial charge is 0.573 e. The predicted octanol–water partition coefficient (Wildman–Crippen LogP) is 3.36. The lowest BCUT2D eigenvalue weighted by atomic mass is 10.3. The maximum atomic E-state index is 12.1. The summed E-state index contributed by atoms with van der Waals surface area (Å²) < 4.78 is 40.0. The molecule has 0 aromatic heterocycles. The molecule has 0 radical (unpaired) electrons. The molecule has 0 amide bonds. The van der Waals surface area contributed by atoms with Crippen LogP contribution in [0.15, 0.2) is 24.3 Å². The van der Waals surface area contributed by atoms with Crippen LogP contribution in [0.25, 0.3) is 0 Å². The summed E-state index contributed by atoms with van der Waals surface area (Å²) in [7, 11) is 0. The number of anilines is 1. The zero-order valence-electron chi connectivity index (χ0n) is 12.7. The molecule has 1 aliphatic heterocycles. The number of hydrogen-bond acceptors (Lipinski definition) is 3. The Balaban J connectivity index is 1.66. The van der Waals surface area contributed by atoms with Gasteiger partial charge in [-0.15, -0.1) is 13.2 Å². The number of ether oxygens (including phenoxy) is 1. The van der Waals surface area contributed by atoms with Gasteiger partial charge in [-0.2, -0.15) is 0 Å². The molecule has 8 heteroatoms. The zero-order valence-corrected chi connectivity index (χ0v) is 13.5. The maximum Gasteiger partial charge on any atom is 0.573 e. The molecule has 0 saturated carbocycles. The molecule has 1 aromatic rings. The summed E-state index contributed by atoms with van der Waals surface area (Å²) in [5, 5.41) is 6.48. The number of halogens is 3. The van der Waals surface area contributed by atoms with Crippen LogP contribution in [0.2, 0.25) is 0 Å². The normalized spacial score (nSPS) is 15.4. The summed E-state index contributed by atoms with van der Waals surface area (Å²) in [5.74, 6) is -0.257. The first-order valence-corrected chi connectivity index (χ1v) is 7.96. The Morgan fingerprint density at radius 2 is 1.83 bits per heavy atom. The molecular formula is C15H20F3N3OS. The molecular weight excluding hydrogens is 327 g/mol. The maximum absolute atomic E-state index is 12.1. The van der Waals surface area contributed by atoms with Gasteiger partial charge in [-0.05, 0) is 75.4 Å². The molecule has 1 heterocycles. The Hall–Kier alpha value is -1.54. The molecule has 2 N–H and O–H groups in total. The van der Waals surface area contributed by atoms with Crippen LogP contribution in [0.5, 0.6) is 5.75 Å². The minimum absolute atomic E-state index is 0.257. The monoisotopic (exact) mass is 347 g/mol. The molecule has 4 nitrogen and oxygen atoms in total. The Kier molecular flexibility index (Phi) is 6.47. The van der Waals surface area contributed by atoms with E-state index < -0.39 is 6.36 Å². The van der Waals surface area contributed by atoms with Crippen molar-refractivity contribution in [2.75, 3.05) is 31.5 Å². The van der Waals surface area contributed by atoms with Gasteiger partial charge < -0.3 is 20.3 Å². The lowest BCUT2D eigenvalue weighted by Gasteiger charge is -2.15. The highest BCUT2D eigenvalue weighted by Crippen LogP contribution is 2.23. The van der Waals surface area contributed by atoms with Crippen molar-refractivity contribution < 1.29 is 17.9 Å². The van der Waals surface area contributed by atoms with E-state index in [1.54, 1.807) is 0 Å². The number of thiocarbonyl (C=S) groups is 1. The van der Waals surface area contributed by atoms with E-state index >= 15 is 0 Å². The van der Waals surface area contributed by atoms with Crippen molar-refractivity contribution in [2.24, 2.45) is 0 Å². The molecule has 0 atom stereocenters. The summed E-state index contributed by atoms with van der Waals surface area (Å²) in [6.07, 6.45) is -1.12. The third kappa shape index (κ3) is 7.04. The molecule has 128 valence electrons. The van der Waals surface area contributed by atoms with Crippen molar-refractivity contribution in [3.8, 4) is 5.75 Å². The number of nitrogens with zero attached hydrogens (tertiary/aromatic N) is 1. The fourth-order valence-electron chi connectivity index (χ4n) is 2.43. The van der Waals surface area contributed by atoms with Crippen molar-refractivity contribution in [1.29, 1.82) is 0 Å². The zero-order chi connectivity index (χ0) is 16.7. The van der Waals surface area contributed by atoms with Gasteiger partial charge in [-0.3, -0.25) is 0 Å². The third-order valence-corrected chi connectivity index (χ3v) is 3.73. The van der Waals surface area contributed by atoms with Gasteiger partial charge in [0.05, 0.1) is 0 Å². The van der Waals surface area contributed by atoms with E-state index in [-0.39, 0.29) is 5.75 Å². The molecule has 0 aliphatic carbocycles. The second kappa shape index (κ2) is 8.35. The molecule has 1 aromatic carbocycles. The number of benzene rings is 1. The SMILES string of the molecule is FC(F)(F)Oc1ccc(NC(=S)NCCCN2CCCC2)cc1. The highest BCUT2D eigenvalue weighted by molar-refractivity contribution is 7.80. The highest BCUT2D eigenvalue weighted by atomic mass is 32.1. The number of rotatable bonds is 6. The molecule has 2 rings (SSSR count). The first kappa shape index (κ1) is 17.8. The van der Waals surface area contributed by atoms with Crippen LogP contribution in [0.4, 0.5) is 18.9 Å². The number of alkyl halides is 3. The van der Waals surface area contributed by atoms with Crippen LogP contribution in [0.1, 0.15) is 19.3 Å². The summed E-state index contributed by atoms with van der Waals surface area (Å²) >= 11 is 5.16. The van der Waals surface area contributed by atoms with Crippen molar-refractivity contribution in [2.45, 2.75) is 25.6 Å². The number of nitrogens with one attached hydrogen (secondary N) is 2. The van der Waals surface area contributed by atoms with Gasteiger partial charge in [0.2, 0.25) is 0 Å². The minimum atomic E-state index is -4.68. The fourth-order valence-corrected chi connectivity index (χ4v) is 2.65. The van der Waals surface area contributed by atoms with Gasteiger partial charge in [0.25, 0.3) is 0 Å². The van der Waals surface area contributed by atoms with Gasteiger partial charge in [-0.25, -0.2) is 0 Å². The highest BCUT2D eigenvalue weighted by Gasteiger charge is 2.30. The first-order chi connectivity index (χ1) is 10.9.